The maximum atomic E-state index is 12.8. The van der Waals surface area contributed by atoms with Crippen LogP contribution in [0.1, 0.15) is 22.8 Å². The molecule has 2 rings (SSSR count). The Morgan fingerprint density at radius 1 is 1.33 bits per heavy atom. The van der Waals surface area contributed by atoms with E-state index in [1.54, 1.807) is 4.90 Å². The van der Waals surface area contributed by atoms with Gasteiger partial charge in [-0.05, 0) is 32.2 Å². The molecule has 1 aromatic rings. The smallest absolute Gasteiger partial charge is 0.398 e. The number of hydrogen-bond acceptors (Lipinski definition) is 3. The van der Waals surface area contributed by atoms with Crippen molar-refractivity contribution in [2.45, 2.75) is 19.1 Å². The normalized spacial score (nSPS) is 20.6. The first-order valence-corrected chi connectivity index (χ1v) is 6.66. The van der Waals surface area contributed by atoms with Crippen molar-refractivity contribution in [2.24, 2.45) is 0 Å². The number of carbonyl (C=O) groups excluding carboxylic acids is 1. The number of benzene rings is 1. The molecule has 1 aromatic carbocycles. The second kappa shape index (κ2) is 5.55. The third-order valence-corrected chi connectivity index (χ3v) is 3.70. The fourth-order valence-electron chi connectivity index (χ4n) is 2.51. The highest BCUT2D eigenvalue weighted by molar-refractivity contribution is 5.99. The Morgan fingerprint density at radius 3 is 2.57 bits per heavy atom. The Kier molecular flexibility index (Phi) is 4.13. The van der Waals surface area contributed by atoms with Crippen LogP contribution in [0.5, 0.6) is 0 Å². The zero-order valence-electron chi connectivity index (χ0n) is 11.9. The van der Waals surface area contributed by atoms with Crippen molar-refractivity contribution in [3.63, 3.8) is 0 Å². The van der Waals surface area contributed by atoms with Crippen molar-refractivity contribution in [1.29, 1.82) is 0 Å². The van der Waals surface area contributed by atoms with E-state index in [4.69, 9.17) is 5.73 Å². The monoisotopic (exact) mass is 301 g/mol. The van der Waals surface area contributed by atoms with Gasteiger partial charge in [0.05, 0.1) is 11.1 Å². The summed E-state index contributed by atoms with van der Waals surface area (Å²) in [4.78, 5) is 16.1. The molecule has 1 fully saturated rings. The summed E-state index contributed by atoms with van der Waals surface area (Å²) < 4.78 is 38.3. The Morgan fingerprint density at radius 2 is 2.00 bits per heavy atom. The minimum absolute atomic E-state index is 0.0646. The van der Waals surface area contributed by atoms with Crippen LogP contribution < -0.4 is 5.73 Å². The summed E-state index contributed by atoms with van der Waals surface area (Å²) in [6.07, 6.45) is -4.49. The number of likely N-dealkylation sites (N-methyl/N-ethyl adjacent to an activating group) is 1. The first kappa shape index (κ1) is 15.6. The number of amides is 1. The van der Waals surface area contributed by atoms with Crippen LogP contribution in [-0.4, -0.2) is 48.4 Å². The van der Waals surface area contributed by atoms with Gasteiger partial charge < -0.3 is 15.5 Å². The lowest BCUT2D eigenvalue weighted by Crippen LogP contribution is -2.52. The van der Waals surface area contributed by atoms with E-state index in [-0.39, 0.29) is 17.3 Å². The number of nitrogen functional groups attached to an aromatic ring is 1. The molecule has 0 radical (unpaired) electrons. The maximum Gasteiger partial charge on any atom is 0.416 e. The summed E-state index contributed by atoms with van der Waals surface area (Å²) in [5.74, 6) is -0.445. The number of nitrogens with zero attached hydrogens (tertiary/aromatic N) is 2. The average molecular weight is 301 g/mol. The van der Waals surface area contributed by atoms with Gasteiger partial charge in [-0.1, -0.05) is 0 Å². The van der Waals surface area contributed by atoms with E-state index >= 15 is 0 Å². The van der Waals surface area contributed by atoms with Crippen LogP contribution in [0.3, 0.4) is 0 Å². The molecule has 1 amide bonds. The minimum atomic E-state index is -4.49. The molecule has 1 aliphatic heterocycles. The first-order valence-electron chi connectivity index (χ1n) is 6.66. The standard InChI is InChI=1S/C14H18F3N3O/c1-9-8-19(2)5-6-20(9)13(21)11-7-10(14(15,16)17)3-4-12(11)18/h3-4,7,9H,5-6,8,18H2,1-2H3. The number of carbonyl (C=O) groups is 1. The van der Waals surface area contributed by atoms with Crippen LogP contribution in [0.4, 0.5) is 18.9 Å². The van der Waals surface area contributed by atoms with E-state index < -0.39 is 17.6 Å². The maximum absolute atomic E-state index is 12.8. The van der Waals surface area contributed by atoms with Gasteiger partial charge in [-0.2, -0.15) is 13.2 Å². The molecule has 1 atom stereocenters. The van der Waals surface area contributed by atoms with E-state index in [0.29, 0.717) is 19.6 Å². The molecular formula is C14H18F3N3O. The van der Waals surface area contributed by atoms with E-state index in [9.17, 15) is 18.0 Å². The molecule has 1 heterocycles. The first-order chi connectivity index (χ1) is 9.70. The van der Waals surface area contributed by atoms with Gasteiger partial charge in [0.25, 0.3) is 5.91 Å². The van der Waals surface area contributed by atoms with Gasteiger partial charge in [-0.3, -0.25) is 4.79 Å². The molecule has 0 spiro atoms. The summed E-state index contributed by atoms with van der Waals surface area (Å²) in [6.45, 7) is 3.73. The lowest BCUT2D eigenvalue weighted by atomic mass is 10.1. The predicted octanol–water partition coefficient (Wildman–Crippen LogP) is 2.06. The second-order valence-electron chi connectivity index (χ2n) is 5.41. The summed E-state index contributed by atoms with van der Waals surface area (Å²) in [6, 6.07) is 2.80. The van der Waals surface area contributed by atoms with Crippen molar-refractivity contribution in [3.8, 4) is 0 Å². The minimum Gasteiger partial charge on any atom is -0.398 e. The van der Waals surface area contributed by atoms with Crippen LogP contribution >= 0.6 is 0 Å². The molecule has 21 heavy (non-hydrogen) atoms. The Labute approximate surface area is 121 Å². The van der Waals surface area contributed by atoms with Crippen molar-refractivity contribution in [2.75, 3.05) is 32.4 Å². The van der Waals surface area contributed by atoms with Crippen LogP contribution in [0.25, 0.3) is 0 Å². The number of piperazine rings is 1. The van der Waals surface area contributed by atoms with Crippen molar-refractivity contribution >= 4 is 11.6 Å². The zero-order valence-corrected chi connectivity index (χ0v) is 11.9. The van der Waals surface area contributed by atoms with E-state index in [2.05, 4.69) is 4.90 Å². The molecule has 1 unspecified atom stereocenters. The van der Waals surface area contributed by atoms with E-state index in [1.165, 1.54) is 0 Å². The largest absolute Gasteiger partial charge is 0.416 e. The van der Waals surface area contributed by atoms with Crippen LogP contribution in [0, 0.1) is 0 Å². The Hall–Kier alpha value is -1.76. The summed E-state index contributed by atoms with van der Waals surface area (Å²) in [7, 11) is 1.94. The molecule has 0 saturated carbocycles. The molecule has 1 saturated heterocycles. The van der Waals surface area contributed by atoms with Crippen molar-refractivity contribution in [3.05, 3.63) is 29.3 Å². The van der Waals surface area contributed by atoms with Crippen molar-refractivity contribution in [1.82, 2.24) is 9.80 Å². The SMILES string of the molecule is CC1CN(C)CCN1C(=O)c1cc(C(F)(F)F)ccc1N. The van der Waals surface area contributed by atoms with Gasteiger partial charge in [0.15, 0.2) is 0 Å². The molecule has 2 N–H and O–H groups in total. The summed E-state index contributed by atoms with van der Waals surface area (Å²) in [5.41, 5.74) is 4.81. The highest BCUT2D eigenvalue weighted by atomic mass is 19.4. The second-order valence-corrected chi connectivity index (χ2v) is 5.41. The number of anilines is 1. The lowest BCUT2D eigenvalue weighted by Gasteiger charge is -2.38. The third-order valence-electron chi connectivity index (χ3n) is 3.70. The van der Waals surface area contributed by atoms with Crippen molar-refractivity contribution < 1.29 is 18.0 Å². The predicted molar refractivity (Wildman–Crippen MR) is 73.9 cm³/mol. The fourth-order valence-corrected chi connectivity index (χ4v) is 2.51. The van der Waals surface area contributed by atoms with Crippen LogP contribution in [0.2, 0.25) is 0 Å². The Bertz CT molecular complexity index is 545. The van der Waals surface area contributed by atoms with Gasteiger partial charge in [-0.25, -0.2) is 0 Å². The third kappa shape index (κ3) is 3.29. The van der Waals surface area contributed by atoms with E-state index in [0.717, 1.165) is 18.2 Å². The quantitative estimate of drug-likeness (QED) is 0.808. The summed E-state index contributed by atoms with van der Waals surface area (Å²) >= 11 is 0. The molecule has 7 heteroatoms. The molecule has 0 aromatic heterocycles. The number of rotatable bonds is 1. The average Bonchev–Trinajstić information content (AvgIpc) is 2.37. The molecule has 116 valence electrons. The number of halogens is 3. The van der Waals surface area contributed by atoms with Gasteiger partial charge in [0, 0.05) is 31.4 Å². The zero-order chi connectivity index (χ0) is 15.8. The lowest BCUT2D eigenvalue weighted by molar-refractivity contribution is -0.137. The molecule has 4 nitrogen and oxygen atoms in total. The van der Waals surface area contributed by atoms with Gasteiger partial charge in [0.2, 0.25) is 0 Å². The molecular weight excluding hydrogens is 283 g/mol. The Balaban J connectivity index is 2.30. The van der Waals surface area contributed by atoms with Gasteiger partial charge >= 0.3 is 6.18 Å². The molecule has 1 aliphatic rings. The summed E-state index contributed by atoms with van der Waals surface area (Å²) in [5, 5.41) is 0. The number of nitrogens with two attached hydrogens (primary N) is 1. The molecule has 0 bridgehead atoms. The van der Waals surface area contributed by atoms with E-state index in [1.807, 2.05) is 14.0 Å². The van der Waals surface area contributed by atoms with Crippen LogP contribution in [0.15, 0.2) is 18.2 Å². The number of hydrogen-bond donors (Lipinski definition) is 1. The van der Waals surface area contributed by atoms with Gasteiger partial charge in [-0.15, -0.1) is 0 Å². The highest BCUT2D eigenvalue weighted by Gasteiger charge is 2.33. The fraction of sp³-hybridized carbons (Fsp3) is 0.500. The highest BCUT2D eigenvalue weighted by Crippen LogP contribution is 2.31. The molecule has 0 aliphatic carbocycles. The van der Waals surface area contributed by atoms with Gasteiger partial charge in [0.1, 0.15) is 0 Å². The number of alkyl halides is 3. The topological polar surface area (TPSA) is 49.6 Å². The van der Waals surface area contributed by atoms with Crippen LogP contribution in [-0.2, 0) is 6.18 Å².